The summed E-state index contributed by atoms with van der Waals surface area (Å²) in [6, 6.07) is 18.3. The van der Waals surface area contributed by atoms with E-state index >= 15 is 0 Å². The molecule has 2 N–H and O–H groups in total. The van der Waals surface area contributed by atoms with E-state index in [4.69, 9.17) is 4.74 Å². The van der Waals surface area contributed by atoms with Gasteiger partial charge in [0, 0.05) is 36.0 Å². The lowest BCUT2D eigenvalue weighted by Gasteiger charge is -2.31. The second-order valence-electron chi connectivity index (χ2n) is 12.7. The summed E-state index contributed by atoms with van der Waals surface area (Å²) in [6.45, 7) is 9.59. The Morgan fingerprint density at radius 1 is 1.04 bits per heavy atom. The molecule has 0 fully saturated rings. The maximum absolute atomic E-state index is 13.4. The molecule has 0 bridgehead atoms. The molecule has 2 amide bonds. The molecule has 0 saturated carbocycles. The molecular weight excluding hydrogens is 592 g/mol. The summed E-state index contributed by atoms with van der Waals surface area (Å²) >= 11 is 0. The summed E-state index contributed by atoms with van der Waals surface area (Å²) in [4.78, 5) is 39.8. The van der Waals surface area contributed by atoms with E-state index in [0.717, 1.165) is 52.1 Å². The van der Waals surface area contributed by atoms with E-state index in [-0.39, 0.29) is 11.8 Å². The van der Waals surface area contributed by atoms with Crippen molar-refractivity contribution in [1.82, 2.24) is 15.1 Å². The smallest absolute Gasteiger partial charge is 0.326 e. The van der Waals surface area contributed by atoms with Gasteiger partial charge < -0.3 is 20.1 Å². The van der Waals surface area contributed by atoms with Gasteiger partial charge in [0.05, 0.1) is 19.3 Å². The Balaban J connectivity index is 1.23. The molecule has 0 spiro atoms. The van der Waals surface area contributed by atoms with Crippen LogP contribution in [0.1, 0.15) is 72.1 Å². The van der Waals surface area contributed by atoms with Crippen LogP contribution >= 0.6 is 0 Å². The van der Waals surface area contributed by atoms with Gasteiger partial charge in [-0.1, -0.05) is 50.2 Å². The standard InChI is InChI=1S/C38H44N4O5/c1-25(2)20-33(38(45)46)40-37(44)29-12-6-11-28(21-29)23-41-24-30(22-39-41)31-13-7-15-34-32(31)14-8-18-42(34)36(43)17-9-19-47-35-16-5-10-26(3)27(35)4/h5-7,10-13,15-16,21-22,24-25,33H,8-9,14,17-20,23H2,1-4H3,(H,40,44)(H,45,46). The quantitative estimate of drug-likeness (QED) is 0.160. The van der Waals surface area contributed by atoms with Crippen LogP contribution in [0.25, 0.3) is 11.1 Å². The van der Waals surface area contributed by atoms with Crippen molar-refractivity contribution in [1.29, 1.82) is 0 Å². The van der Waals surface area contributed by atoms with Crippen LogP contribution < -0.4 is 15.0 Å². The zero-order chi connectivity index (χ0) is 33.5. The summed E-state index contributed by atoms with van der Waals surface area (Å²) < 4.78 is 7.81. The number of hydrogen-bond donors (Lipinski definition) is 2. The maximum Gasteiger partial charge on any atom is 0.326 e. The fraction of sp³-hybridized carbons (Fsp3) is 0.368. The molecule has 47 heavy (non-hydrogen) atoms. The second-order valence-corrected chi connectivity index (χ2v) is 12.7. The van der Waals surface area contributed by atoms with Crippen molar-refractivity contribution < 1.29 is 24.2 Å². The van der Waals surface area contributed by atoms with E-state index < -0.39 is 17.9 Å². The molecule has 246 valence electrons. The third-order valence-electron chi connectivity index (χ3n) is 8.69. The molecule has 4 aromatic rings. The molecule has 5 rings (SSSR count). The molecular formula is C38H44N4O5. The van der Waals surface area contributed by atoms with E-state index in [0.29, 0.717) is 44.5 Å². The van der Waals surface area contributed by atoms with Crippen molar-refractivity contribution in [3.05, 3.63) is 101 Å². The predicted molar refractivity (Wildman–Crippen MR) is 183 cm³/mol. The Morgan fingerprint density at radius 2 is 1.83 bits per heavy atom. The zero-order valence-corrected chi connectivity index (χ0v) is 27.7. The van der Waals surface area contributed by atoms with E-state index in [2.05, 4.69) is 36.4 Å². The van der Waals surface area contributed by atoms with Gasteiger partial charge in [-0.15, -0.1) is 0 Å². The highest BCUT2D eigenvalue weighted by Crippen LogP contribution is 2.36. The molecule has 1 unspecified atom stereocenters. The molecule has 9 nitrogen and oxygen atoms in total. The van der Waals surface area contributed by atoms with E-state index in [1.807, 2.05) is 66.2 Å². The number of nitrogens with zero attached hydrogens (tertiary/aromatic N) is 3. The van der Waals surface area contributed by atoms with Crippen LogP contribution in [-0.4, -0.2) is 51.9 Å². The van der Waals surface area contributed by atoms with Crippen LogP contribution in [0.2, 0.25) is 0 Å². The summed E-state index contributed by atoms with van der Waals surface area (Å²) in [5, 5.41) is 16.8. The molecule has 1 aromatic heterocycles. The number of hydrogen-bond acceptors (Lipinski definition) is 5. The van der Waals surface area contributed by atoms with Gasteiger partial charge in [0.1, 0.15) is 11.8 Å². The van der Waals surface area contributed by atoms with Gasteiger partial charge in [-0.3, -0.25) is 14.3 Å². The highest BCUT2D eigenvalue weighted by Gasteiger charge is 2.25. The fourth-order valence-corrected chi connectivity index (χ4v) is 6.10. The molecule has 1 aliphatic heterocycles. The first kappa shape index (κ1) is 33.4. The minimum Gasteiger partial charge on any atom is -0.493 e. The number of fused-ring (bicyclic) bond motifs is 1. The number of anilines is 1. The lowest BCUT2D eigenvalue weighted by Crippen LogP contribution is -2.41. The summed E-state index contributed by atoms with van der Waals surface area (Å²) in [5.74, 6) is -0.345. The Labute approximate surface area is 276 Å². The molecule has 0 aliphatic carbocycles. The van der Waals surface area contributed by atoms with Gasteiger partial charge in [-0.25, -0.2) is 4.79 Å². The first-order chi connectivity index (χ1) is 22.6. The number of rotatable bonds is 13. The number of aliphatic carboxylic acids is 1. The van der Waals surface area contributed by atoms with Crippen molar-refractivity contribution in [2.45, 2.75) is 72.4 Å². The van der Waals surface area contributed by atoms with Crippen molar-refractivity contribution in [2.75, 3.05) is 18.1 Å². The van der Waals surface area contributed by atoms with Crippen molar-refractivity contribution in [2.24, 2.45) is 5.92 Å². The first-order valence-corrected chi connectivity index (χ1v) is 16.4. The Bertz CT molecular complexity index is 1740. The number of carboxylic acids is 1. The molecule has 0 saturated heterocycles. The topological polar surface area (TPSA) is 114 Å². The van der Waals surface area contributed by atoms with Crippen LogP contribution in [0.3, 0.4) is 0 Å². The van der Waals surface area contributed by atoms with E-state index in [1.54, 1.807) is 18.2 Å². The van der Waals surface area contributed by atoms with Crippen LogP contribution in [0, 0.1) is 19.8 Å². The maximum atomic E-state index is 13.4. The average molecular weight is 637 g/mol. The van der Waals surface area contributed by atoms with Crippen LogP contribution in [0.5, 0.6) is 5.75 Å². The summed E-state index contributed by atoms with van der Waals surface area (Å²) in [6.07, 6.45) is 7.00. The average Bonchev–Trinajstić information content (AvgIpc) is 3.51. The number of ether oxygens (including phenoxy) is 1. The number of nitrogens with one attached hydrogen (secondary N) is 1. The lowest BCUT2D eigenvalue weighted by atomic mass is 9.93. The van der Waals surface area contributed by atoms with Crippen LogP contribution in [0.4, 0.5) is 5.69 Å². The number of carbonyl (C=O) groups is 3. The number of aromatic nitrogens is 2. The SMILES string of the molecule is Cc1cccc(OCCCC(=O)N2CCCc3c(-c4cnn(Cc5cccc(C(=O)NC(CC(C)C)C(=O)O)c5)c4)cccc32)c1C. The van der Waals surface area contributed by atoms with Gasteiger partial charge in [0.2, 0.25) is 5.91 Å². The number of carboxylic acid groups (broad SMARTS) is 1. The molecule has 1 aliphatic rings. The minimum absolute atomic E-state index is 0.103. The van der Waals surface area contributed by atoms with Gasteiger partial charge >= 0.3 is 5.97 Å². The number of carbonyl (C=O) groups excluding carboxylic acids is 2. The highest BCUT2D eigenvalue weighted by atomic mass is 16.5. The van der Waals surface area contributed by atoms with Crippen molar-refractivity contribution in [3.8, 4) is 16.9 Å². The zero-order valence-electron chi connectivity index (χ0n) is 27.7. The Kier molecular flexibility index (Phi) is 10.8. The third-order valence-corrected chi connectivity index (χ3v) is 8.69. The normalized spacial score (nSPS) is 13.3. The number of aryl methyl sites for hydroxylation is 1. The molecule has 9 heteroatoms. The van der Waals surface area contributed by atoms with E-state index in [1.165, 1.54) is 5.56 Å². The van der Waals surface area contributed by atoms with Crippen molar-refractivity contribution >= 4 is 23.5 Å². The van der Waals surface area contributed by atoms with Gasteiger partial charge in [-0.05, 0) is 97.5 Å². The monoisotopic (exact) mass is 636 g/mol. The number of benzene rings is 3. The Hall–Kier alpha value is -4.92. The van der Waals surface area contributed by atoms with Gasteiger partial charge in [-0.2, -0.15) is 5.10 Å². The fourth-order valence-electron chi connectivity index (χ4n) is 6.10. The van der Waals surface area contributed by atoms with E-state index in [9.17, 15) is 19.5 Å². The molecule has 2 heterocycles. The number of amides is 2. The summed E-state index contributed by atoms with van der Waals surface area (Å²) in [7, 11) is 0. The van der Waals surface area contributed by atoms with Gasteiger partial charge in [0.25, 0.3) is 5.91 Å². The molecule has 1 atom stereocenters. The largest absolute Gasteiger partial charge is 0.493 e. The van der Waals surface area contributed by atoms with Crippen LogP contribution in [0.15, 0.2) is 73.1 Å². The molecule has 3 aromatic carbocycles. The molecule has 0 radical (unpaired) electrons. The highest BCUT2D eigenvalue weighted by molar-refractivity contribution is 5.97. The predicted octanol–water partition coefficient (Wildman–Crippen LogP) is 6.58. The first-order valence-electron chi connectivity index (χ1n) is 16.4. The van der Waals surface area contributed by atoms with Gasteiger partial charge in [0.15, 0.2) is 0 Å². The van der Waals surface area contributed by atoms with Crippen molar-refractivity contribution in [3.63, 3.8) is 0 Å². The minimum atomic E-state index is -1.04. The lowest BCUT2D eigenvalue weighted by molar-refractivity contribution is -0.139. The summed E-state index contributed by atoms with van der Waals surface area (Å²) in [5.41, 5.74) is 7.72. The third kappa shape index (κ3) is 8.27. The second kappa shape index (κ2) is 15.1. The van der Waals surface area contributed by atoms with Crippen LogP contribution in [-0.2, 0) is 22.6 Å². The Morgan fingerprint density at radius 3 is 2.62 bits per heavy atom.